The summed E-state index contributed by atoms with van der Waals surface area (Å²) in [4.78, 5) is 0. The highest BCUT2D eigenvalue weighted by molar-refractivity contribution is 4.98. The molecular formula is C12H25NO11. The SMILES string of the molecule is N.OC[C@H]1OC(CO)(O[C@H]2O[C@H](CO)[C@@H](O)[C@H](O)[C@H]2O)[C@@H](O)[C@@H]1O. The lowest BCUT2D eigenvalue weighted by molar-refractivity contribution is -0.383. The second-order valence-corrected chi connectivity index (χ2v) is 5.56. The number of hydrogen-bond donors (Lipinski definition) is 9. The molecular weight excluding hydrogens is 334 g/mol. The molecule has 24 heavy (non-hydrogen) atoms. The van der Waals surface area contributed by atoms with Gasteiger partial charge in [-0.2, -0.15) is 0 Å². The van der Waals surface area contributed by atoms with E-state index >= 15 is 0 Å². The predicted molar refractivity (Wildman–Crippen MR) is 73.7 cm³/mol. The molecule has 2 heterocycles. The summed E-state index contributed by atoms with van der Waals surface area (Å²) < 4.78 is 15.4. The van der Waals surface area contributed by atoms with Crippen LogP contribution in [0, 0.1) is 0 Å². The highest BCUT2D eigenvalue weighted by atomic mass is 16.8. The molecule has 11 N–H and O–H groups in total. The normalized spacial score (nSPS) is 49.0. The summed E-state index contributed by atoms with van der Waals surface area (Å²) in [7, 11) is 0. The molecule has 2 rings (SSSR count). The van der Waals surface area contributed by atoms with Crippen molar-refractivity contribution in [3.05, 3.63) is 0 Å². The van der Waals surface area contributed by atoms with Crippen molar-refractivity contribution in [1.29, 1.82) is 0 Å². The Bertz CT molecular complexity index is 399. The van der Waals surface area contributed by atoms with Crippen molar-refractivity contribution in [2.75, 3.05) is 19.8 Å². The van der Waals surface area contributed by atoms with Crippen LogP contribution in [-0.4, -0.2) is 115 Å². The molecule has 0 aliphatic carbocycles. The van der Waals surface area contributed by atoms with Gasteiger partial charge < -0.3 is 61.2 Å². The minimum atomic E-state index is -2.22. The minimum Gasteiger partial charge on any atom is -0.394 e. The second kappa shape index (κ2) is 8.27. The van der Waals surface area contributed by atoms with E-state index in [4.69, 9.17) is 24.4 Å². The molecule has 1 unspecified atom stereocenters. The molecule has 0 bridgehead atoms. The summed E-state index contributed by atoms with van der Waals surface area (Å²) in [5.41, 5.74) is 0. The van der Waals surface area contributed by atoms with Crippen LogP contribution in [-0.2, 0) is 14.2 Å². The van der Waals surface area contributed by atoms with Gasteiger partial charge in [-0.25, -0.2) is 0 Å². The maximum absolute atomic E-state index is 10.00. The fourth-order valence-electron chi connectivity index (χ4n) is 2.63. The molecule has 2 aliphatic heterocycles. The number of hydrogen-bond acceptors (Lipinski definition) is 12. The van der Waals surface area contributed by atoms with E-state index in [2.05, 4.69) is 0 Å². The molecule has 0 radical (unpaired) electrons. The maximum Gasteiger partial charge on any atom is 0.224 e. The van der Waals surface area contributed by atoms with E-state index in [0.717, 1.165) is 0 Å². The van der Waals surface area contributed by atoms with Gasteiger partial charge in [0.2, 0.25) is 5.79 Å². The van der Waals surface area contributed by atoms with Gasteiger partial charge in [-0.05, 0) is 0 Å². The third kappa shape index (κ3) is 3.55. The zero-order valence-corrected chi connectivity index (χ0v) is 12.7. The number of rotatable bonds is 5. The van der Waals surface area contributed by atoms with E-state index in [1.165, 1.54) is 0 Å². The zero-order chi connectivity index (χ0) is 17.4. The summed E-state index contributed by atoms with van der Waals surface area (Å²) in [5.74, 6) is -2.22. The number of ether oxygens (including phenoxy) is 3. The van der Waals surface area contributed by atoms with Crippen LogP contribution in [0.1, 0.15) is 0 Å². The molecule has 0 spiro atoms. The van der Waals surface area contributed by atoms with Gasteiger partial charge in [0, 0.05) is 0 Å². The molecule has 2 saturated heterocycles. The average molecular weight is 359 g/mol. The Morgan fingerprint density at radius 2 is 1.38 bits per heavy atom. The quantitative estimate of drug-likeness (QED) is 0.224. The van der Waals surface area contributed by atoms with Crippen molar-refractivity contribution in [2.45, 2.75) is 54.8 Å². The first kappa shape index (κ1) is 21.6. The van der Waals surface area contributed by atoms with Crippen LogP contribution in [0.15, 0.2) is 0 Å². The first-order valence-corrected chi connectivity index (χ1v) is 7.05. The molecule has 0 saturated carbocycles. The van der Waals surface area contributed by atoms with Crippen LogP contribution in [0.4, 0.5) is 0 Å². The van der Waals surface area contributed by atoms with Crippen LogP contribution in [0.3, 0.4) is 0 Å². The fourth-order valence-corrected chi connectivity index (χ4v) is 2.63. The molecule has 0 aromatic heterocycles. The summed E-state index contributed by atoms with van der Waals surface area (Å²) in [6, 6.07) is 0. The average Bonchev–Trinajstić information content (AvgIpc) is 2.80. The molecule has 12 heteroatoms. The summed E-state index contributed by atoms with van der Waals surface area (Å²) in [6.45, 7) is -2.32. The number of aliphatic hydroxyl groups is 8. The van der Waals surface area contributed by atoms with Gasteiger partial charge in [-0.1, -0.05) is 0 Å². The van der Waals surface area contributed by atoms with Crippen LogP contribution >= 0.6 is 0 Å². The molecule has 0 aromatic carbocycles. The molecule has 9 atom stereocenters. The summed E-state index contributed by atoms with van der Waals surface area (Å²) in [5, 5.41) is 76.7. The van der Waals surface area contributed by atoms with Crippen molar-refractivity contribution in [1.82, 2.24) is 6.15 Å². The van der Waals surface area contributed by atoms with Gasteiger partial charge in [-0.3, -0.25) is 0 Å². The van der Waals surface area contributed by atoms with Gasteiger partial charge in [-0.15, -0.1) is 0 Å². The van der Waals surface area contributed by atoms with Gasteiger partial charge in [0.05, 0.1) is 13.2 Å². The van der Waals surface area contributed by atoms with Crippen LogP contribution in [0.5, 0.6) is 0 Å². The monoisotopic (exact) mass is 359 g/mol. The summed E-state index contributed by atoms with van der Waals surface area (Å²) in [6.07, 6.45) is -12.7. The highest BCUT2D eigenvalue weighted by Crippen LogP contribution is 2.35. The first-order chi connectivity index (χ1) is 10.8. The van der Waals surface area contributed by atoms with Gasteiger partial charge in [0.15, 0.2) is 6.29 Å². The Kier molecular flexibility index (Phi) is 7.43. The third-order valence-electron chi connectivity index (χ3n) is 4.07. The van der Waals surface area contributed by atoms with Crippen LogP contribution in [0.2, 0.25) is 0 Å². The topological polar surface area (TPSA) is 225 Å². The van der Waals surface area contributed by atoms with E-state index in [1.807, 2.05) is 0 Å². The smallest absolute Gasteiger partial charge is 0.224 e. The van der Waals surface area contributed by atoms with Crippen molar-refractivity contribution in [3.63, 3.8) is 0 Å². The molecule has 0 aromatic rings. The minimum absolute atomic E-state index is 0. The third-order valence-corrected chi connectivity index (χ3v) is 4.07. The van der Waals surface area contributed by atoms with Gasteiger partial charge >= 0.3 is 0 Å². The second-order valence-electron chi connectivity index (χ2n) is 5.56. The van der Waals surface area contributed by atoms with E-state index in [9.17, 15) is 30.6 Å². The van der Waals surface area contributed by atoms with Crippen molar-refractivity contribution >= 4 is 0 Å². The predicted octanol–water partition coefficient (Wildman–Crippen LogP) is -5.23. The van der Waals surface area contributed by atoms with E-state index in [0.29, 0.717) is 0 Å². The van der Waals surface area contributed by atoms with Gasteiger partial charge in [0.25, 0.3) is 0 Å². The first-order valence-electron chi connectivity index (χ1n) is 7.05. The largest absolute Gasteiger partial charge is 0.394 e. The maximum atomic E-state index is 10.00. The van der Waals surface area contributed by atoms with Gasteiger partial charge in [0.1, 0.15) is 49.3 Å². The Morgan fingerprint density at radius 1 is 0.792 bits per heavy atom. The Labute approximate surface area is 137 Å². The standard InChI is InChI=1S/C12H22O11.H3N/c13-1-4-6(16)8(18)9(19)11(21-4)23-12(3-15)10(20)7(17)5(2-14)22-12;/h4-11,13-20H,1-3H2;1H3/t4-,5-,6-,7-,8+,9-,10+,11-,12?;/m1./s1. The Hall–Kier alpha value is -0.480. The molecule has 144 valence electrons. The molecule has 12 nitrogen and oxygen atoms in total. The lowest BCUT2D eigenvalue weighted by atomic mass is 9.99. The Morgan fingerprint density at radius 3 is 1.83 bits per heavy atom. The lowest BCUT2D eigenvalue weighted by Crippen LogP contribution is -2.62. The van der Waals surface area contributed by atoms with E-state index in [-0.39, 0.29) is 6.15 Å². The summed E-state index contributed by atoms with van der Waals surface area (Å²) >= 11 is 0. The molecule has 0 amide bonds. The lowest BCUT2D eigenvalue weighted by Gasteiger charge is -2.43. The van der Waals surface area contributed by atoms with Crippen molar-refractivity contribution in [2.24, 2.45) is 0 Å². The van der Waals surface area contributed by atoms with Crippen LogP contribution < -0.4 is 6.15 Å². The Balaban J connectivity index is 0.00000288. The molecule has 2 fully saturated rings. The molecule has 2 aliphatic rings. The van der Waals surface area contributed by atoms with E-state index < -0.39 is 74.6 Å². The fraction of sp³-hybridized carbons (Fsp3) is 1.00. The zero-order valence-electron chi connectivity index (χ0n) is 12.7. The van der Waals surface area contributed by atoms with Crippen molar-refractivity contribution < 1.29 is 55.1 Å². The van der Waals surface area contributed by atoms with Crippen LogP contribution in [0.25, 0.3) is 0 Å². The van der Waals surface area contributed by atoms with E-state index in [1.54, 1.807) is 0 Å². The number of aliphatic hydroxyl groups excluding tert-OH is 8. The van der Waals surface area contributed by atoms with Crippen molar-refractivity contribution in [3.8, 4) is 0 Å². The highest BCUT2D eigenvalue weighted by Gasteiger charge is 2.58.